The molecule has 0 aromatic carbocycles. The number of rotatable bonds is 5. The van der Waals surface area contributed by atoms with E-state index in [1.54, 1.807) is 18.1 Å². The molecule has 19 heavy (non-hydrogen) atoms. The molecule has 1 amide bonds. The van der Waals surface area contributed by atoms with Crippen LogP contribution in [0.25, 0.3) is 0 Å². The molecule has 1 aliphatic rings. The first-order chi connectivity index (χ1) is 9.08. The lowest BCUT2D eigenvalue weighted by Crippen LogP contribution is -2.36. The second kappa shape index (κ2) is 5.81. The zero-order valence-electron chi connectivity index (χ0n) is 10.9. The normalized spacial score (nSPS) is 22.4. The Labute approximate surface area is 111 Å². The van der Waals surface area contributed by atoms with Gasteiger partial charge < -0.3 is 10.4 Å². The summed E-state index contributed by atoms with van der Waals surface area (Å²) in [5, 5.41) is 15.9. The Morgan fingerprint density at radius 2 is 2.21 bits per heavy atom. The van der Waals surface area contributed by atoms with Crippen molar-refractivity contribution >= 4 is 11.9 Å². The highest BCUT2D eigenvalue weighted by Gasteiger charge is 2.37. The highest BCUT2D eigenvalue weighted by atomic mass is 16.4. The third-order valence-electron chi connectivity index (χ3n) is 3.46. The van der Waals surface area contributed by atoms with Gasteiger partial charge in [-0.15, -0.1) is 0 Å². The number of carbonyl (C=O) groups is 2. The Hall–Kier alpha value is -1.92. The highest BCUT2D eigenvalue weighted by molar-refractivity contribution is 5.85. The average Bonchev–Trinajstić information content (AvgIpc) is 2.97. The van der Waals surface area contributed by atoms with Crippen molar-refractivity contribution in [1.29, 1.82) is 0 Å². The predicted octanol–water partition coefficient (Wildman–Crippen LogP) is -0.0253. The van der Waals surface area contributed by atoms with Crippen molar-refractivity contribution in [3.8, 4) is 0 Å². The van der Waals surface area contributed by atoms with Gasteiger partial charge in [-0.3, -0.25) is 14.3 Å². The van der Waals surface area contributed by atoms with Crippen LogP contribution in [0, 0.1) is 11.8 Å². The molecule has 1 saturated carbocycles. The fraction of sp³-hybridized carbons (Fsp3) is 0.667. The van der Waals surface area contributed by atoms with Crippen molar-refractivity contribution in [2.24, 2.45) is 18.9 Å². The lowest BCUT2D eigenvalue weighted by Gasteiger charge is -2.15. The molecule has 0 aliphatic heterocycles. The molecule has 0 spiro atoms. The predicted molar refractivity (Wildman–Crippen MR) is 66.2 cm³/mol. The number of aryl methyl sites for hydroxylation is 1. The molecule has 7 nitrogen and oxygen atoms in total. The lowest BCUT2D eigenvalue weighted by atomic mass is 9.95. The number of nitrogens with one attached hydrogen (secondary N) is 1. The molecule has 1 heterocycles. The monoisotopic (exact) mass is 266 g/mol. The molecule has 1 aromatic heterocycles. The van der Waals surface area contributed by atoms with Gasteiger partial charge >= 0.3 is 5.97 Å². The molecule has 1 aliphatic carbocycles. The van der Waals surface area contributed by atoms with E-state index in [4.69, 9.17) is 5.11 Å². The SMILES string of the molecule is Cn1cnc(CCNC(=O)C2CCCC2C(=O)O)n1. The number of nitrogens with zero attached hydrogens (tertiary/aromatic N) is 3. The number of aromatic nitrogens is 3. The first-order valence-electron chi connectivity index (χ1n) is 6.43. The van der Waals surface area contributed by atoms with E-state index in [0.717, 1.165) is 6.42 Å². The Balaban J connectivity index is 1.79. The second-order valence-electron chi connectivity index (χ2n) is 4.86. The minimum Gasteiger partial charge on any atom is -0.481 e. The van der Waals surface area contributed by atoms with Crippen LogP contribution in [0.3, 0.4) is 0 Å². The van der Waals surface area contributed by atoms with Gasteiger partial charge in [-0.2, -0.15) is 5.10 Å². The number of amides is 1. The molecule has 7 heteroatoms. The van der Waals surface area contributed by atoms with E-state index in [1.165, 1.54) is 0 Å². The molecule has 0 saturated heterocycles. The molecule has 0 bridgehead atoms. The molecule has 2 unspecified atom stereocenters. The fourth-order valence-electron chi connectivity index (χ4n) is 2.50. The molecule has 2 N–H and O–H groups in total. The Morgan fingerprint density at radius 3 is 2.84 bits per heavy atom. The van der Waals surface area contributed by atoms with Crippen molar-refractivity contribution in [3.05, 3.63) is 12.2 Å². The number of aliphatic carboxylic acids is 1. The van der Waals surface area contributed by atoms with Gasteiger partial charge in [0.05, 0.1) is 11.8 Å². The summed E-state index contributed by atoms with van der Waals surface area (Å²) in [6.45, 7) is 0.436. The summed E-state index contributed by atoms with van der Waals surface area (Å²) in [6, 6.07) is 0. The number of carboxylic acids is 1. The topological polar surface area (TPSA) is 97.1 Å². The van der Waals surface area contributed by atoms with E-state index in [0.29, 0.717) is 31.6 Å². The summed E-state index contributed by atoms with van der Waals surface area (Å²) >= 11 is 0. The number of carboxylic acid groups (broad SMARTS) is 1. The van der Waals surface area contributed by atoms with Gasteiger partial charge in [0.1, 0.15) is 6.33 Å². The third-order valence-corrected chi connectivity index (χ3v) is 3.46. The van der Waals surface area contributed by atoms with Crippen molar-refractivity contribution < 1.29 is 14.7 Å². The van der Waals surface area contributed by atoms with Gasteiger partial charge in [-0.25, -0.2) is 4.98 Å². The first-order valence-corrected chi connectivity index (χ1v) is 6.43. The minimum atomic E-state index is -0.871. The van der Waals surface area contributed by atoms with Crippen LogP contribution in [0.5, 0.6) is 0 Å². The van der Waals surface area contributed by atoms with Gasteiger partial charge in [0, 0.05) is 20.0 Å². The summed E-state index contributed by atoms with van der Waals surface area (Å²) in [6.07, 6.45) is 4.21. The fourth-order valence-corrected chi connectivity index (χ4v) is 2.50. The third kappa shape index (κ3) is 3.30. The maximum Gasteiger partial charge on any atom is 0.307 e. The number of hydrogen-bond donors (Lipinski definition) is 2. The molecular formula is C12H18N4O3. The summed E-state index contributed by atoms with van der Waals surface area (Å²) in [7, 11) is 1.78. The van der Waals surface area contributed by atoms with Crippen LogP contribution in [-0.2, 0) is 23.1 Å². The average molecular weight is 266 g/mol. The number of hydrogen-bond acceptors (Lipinski definition) is 4. The minimum absolute atomic E-state index is 0.166. The molecule has 2 rings (SSSR count). The van der Waals surface area contributed by atoms with Gasteiger partial charge in [-0.05, 0) is 12.8 Å². The van der Waals surface area contributed by atoms with Crippen LogP contribution in [0.2, 0.25) is 0 Å². The van der Waals surface area contributed by atoms with E-state index in [-0.39, 0.29) is 5.91 Å². The smallest absolute Gasteiger partial charge is 0.307 e. The Kier molecular flexibility index (Phi) is 4.13. The van der Waals surface area contributed by atoms with E-state index in [1.807, 2.05) is 0 Å². The molecule has 1 fully saturated rings. The van der Waals surface area contributed by atoms with Crippen LogP contribution < -0.4 is 5.32 Å². The number of carbonyl (C=O) groups excluding carboxylic acids is 1. The van der Waals surface area contributed by atoms with Crippen molar-refractivity contribution in [2.45, 2.75) is 25.7 Å². The van der Waals surface area contributed by atoms with Gasteiger partial charge in [-0.1, -0.05) is 6.42 Å². The second-order valence-corrected chi connectivity index (χ2v) is 4.86. The van der Waals surface area contributed by atoms with Crippen molar-refractivity contribution in [1.82, 2.24) is 20.1 Å². The largest absolute Gasteiger partial charge is 0.481 e. The molecule has 104 valence electrons. The van der Waals surface area contributed by atoms with E-state index < -0.39 is 17.8 Å². The maximum atomic E-state index is 11.9. The highest BCUT2D eigenvalue weighted by Crippen LogP contribution is 2.31. The van der Waals surface area contributed by atoms with Crippen molar-refractivity contribution in [2.75, 3.05) is 6.54 Å². The van der Waals surface area contributed by atoms with Crippen LogP contribution in [0.4, 0.5) is 0 Å². The summed E-state index contributed by atoms with van der Waals surface area (Å²) < 4.78 is 1.61. The molecule has 1 aromatic rings. The summed E-state index contributed by atoms with van der Waals surface area (Å²) in [5.74, 6) is -1.30. The van der Waals surface area contributed by atoms with Crippen LogP contribution in [0.15, 0.2) is 6.33 Å². The van der Waals surface area contributed by atoms with E-state index in [9.17, 15) is 9.59 Å². The first kappa shape index (κ1) is 13.5. The standard InChI is InChI=1S/C12H18N4O3/c1-16-7-14-10(15-16)5-6-13-11(17)8-3-2-4-9(8)12(18)19/h7-9H,2-6H2,1H3,(H,13,17)(H,18,19). The van der Waals surface area contributed by atoms with E-state index >= 15 is 0 Å². The Bertz CT molecular complexity index is 471. The summed E-state index contributed by atoms with van der Waals surface area (Å²) in [5.41, 5.74) is 0. The molecule has 2 atom stereocenters. The van der Waals surface area contributed by atoms with Crippen LogP contribution >= 0.6 is 0 Å². The zero-order valence-corrected chi connectivity index (χ0v) is 10.9. The maximum absolute atomic E-state index is 11.9. The Morgan fingerprint density at radius 1 is 1.47 bits per heavy atom. The molecule has 0 radical (unpaired) electrons. The van der Waals surface area contributed by atoms with Gasteiger partial charge in [0.15, 0.2) is 5.82 Å². The van der Waals surface area contributed by atoms with E-state index in [2.05, 4.69) is 15.4 Å². The van der Waals surface area contributed by atoms with Gasteiger partial charge in [0.25, 0.3) is 0 Å². The lowest BCUT2D eigenvalue weighted by molar-refractivity contribution is -0.146. The van der Waals surface area contributed by atoms with Crippen molar-refractivity contribution in [3.63, 3.8) is 0 Å². The van der Waals surface area contributed by atoms with Crippen LogP contribution in [-0.4, -0.2) is 38.3 Å². The van der Waals surface area contributed by atoms with Crippen LogP contribution in [0.1, 0.15) is 25.1 Å². The zero-order chi connectivity index (χ0) is 13.8. The van der Waals surface area contributed by atoms with Gasteiger partial charge in [0.2, 0.25) is 5.91 Å². The quantitative estimate of drug-likeness (QED) is 0.780. The summed E-state index contributed by atoms with van der Waals surface area (Å²) in [4.78, 5) is 27.0. The molecular weight excluding hydrogens is 248 g/mol.